The summed E-state index contributed by atoms with van der Waals surface area (Å²) >= 11 is 0. The molecule has 0 aromatic carbocycles. The Morgan fingerprint density at radius 3 is 2.47 bits per heavy atom. The fraction of sp³-hybridized carbons (Fsp3) is 0.750. The number of hydrogen-bond donors (Lipinski definition) is 5. The van der Waals surface area contributed by atoms with Crippen LogP contribution >= 0.6 is 0 Å². The van der Waals surface area contributed by atoms with E-state index in [1.54, 1.807) is 5.32 Å². The van der Waals surface area contributed by atoms with E-state index in [2.05, 4.69) is 0 Å². The van der Waals surface area contributed by atoms with Crippen molar-refractivity contribution in [1.82, 2.24) is 5.32 Å². The first kappa shape index (κ1) is 9.22. The molecule has 0 saturated carbocycles. The Balaban J connectivity index is 4.69. The Kier molecular flexibility index (Phi) is 3.97. The minimum Gasteiger partial charge on any atom is -0.394 e. The van der Waals surface area contributed by atoms with Gasteiger partial charge in [-0.25, -0.2) is 0 Å². The molecule has 0 rings (SSSR count). The normalized spacial score (nSPS) is 22.5. The fourth-order valence-corrected chi connectivity index (χ4v) is 0.899. The van der Waals surface area contributed by atoms with Crippen molar-refractivity contribution in [3.63, 3.8) is 0 Å². The Morgan fingerprint density at radius 2 is 2.07 bits per heavy atom. The molecular formula is C8H15NO6. The number of hydrogen-bond acceptors (Lipinski definition) is 6. The smallest absolute Gasteiger partial charge is 0.217 e. The molecule has 0 unspecified atom stereocenters. The maximum atomic E-state index is 11.1. The standard InChI is InChI=1S/C8H15NO6/c1-4(12)9-5(2-10)7(14)8(15)6(13)3-11/h2,5-8,11,13-15H,3H2,1H3,(H,9,12)/t5-,6+,7+,8+/m0/s1/i1D3. The number of carbonyl (C=O) groups is 2. The second-order valence-corrected chi connectivity index (χ2v) is 2.87. The summed E-state index contributed by atoms with van der Waals surface area (Å²) in [6, 6.07) is -1.71. The van der Waals surface area contributed by atoms with Crippen molar-refractivity contribution in [3.05, 3.63) is 0 Å². The molecule has 0 aromatic rings. The summed E-state index contributed by atoms with van der Waals surface area (Å²) in [7, 11) is 0. The molecule has 0 aliphatic rings. The van der Waals surface area contributed by atoms with Gasteiger partial charge in [0.1, 0.15) is 30.6 Å². The van der Waals surface area contributed by atoms with Crippen LogP contribution in [0, 0.1) is 0 Å². The van der Waals surface area contributed by atoms with E-state index in [4.69, 9.17) is 14.3 Å². The quantitative estimate of drug-likeness (QED) is 0.302. The zero-order valence-corrected chi connectivity index (χ0v) is 7.70. The number of rotatable bonds is 6. The van der Waals surface area contributed by atoms with Crippen LogP contribution < -0.4 is 5.32 Å². The highest BCUT2D eigenvalue weighted by Crippen LogP contribution is 2.03. The van der Waals surface area contributed by atoms with Crippen LogP contribution in [-0.2, 0) is 9.59 Å². The molecule has 88 valence electrons. The summed E-state index contributed by atoms with van der Waals surface area (Å²) in [6.45, 7) is -3.89. The molecule has 0 fully saturated rings. The summed E-state index contributed by atoms with van der Waals surface area (Å²) in [5, 5.41) is 38.0. The Hall–Kier alpha value is -1.02. The molecule has 7 nitrogen and oxygen atoms in total. The van der Waals surface area contributed by atoms with Gasteiger partial charge in [-0.2, -0.15) is 0 Å². The van der Waals surface area contributed by atoms with Gasteiger partial charge in [0.05, 0.1) is 6.61 Å². The van der Waals surface area contributed by atoms with Crippen LogP contribution in [0.3, 0.4) is 0 Å². The molecule has 0 aliphatic heterocycles. The van der Waals surface area contributed by atoms with Crippen molar-refractivity contribution in [1.29, 1.82) is 0 Å². The monoisotopic (exact) mass is 224 g/mol. The largest absolute Gasteiger partial charge is 0.394 e. The van der Waals surface area contributed by atoms with Gasteiger partial charge < -0.3 is 30.5 Å². The maximum Gasteiger partial charge on any atom is 0.217 e. The second-order valence-electron chi connectivity index (χ2n) is 2.87. The van der Waals surface area contributed by atoms with E-state index in [-0.39, 0.29) is 6.29 Å². The van der Waals surface area contributed by atoms with Crippen molar-refractivity contribution in [2.45, 2.75) is 31.2 Å². The molecule has 4 atom stereocenters. The van der Waals surface area contributed by atoms with E-state index in [0.29, 0.717) is 0 Å². The second kappa shape index (κ2) is 6.46. The zero-order chi connectivity index (χ0) is 14.5. The van der Waals surface area contributed by atoms with Crippen LogP contribution in [0.1, 0.15) is 11.0 Å². The SMILES string of the molecule is [2H]C([2H])([2H])C(=O)N[C@@H](C=O)[C@@H](O)[C@H](O)[C@H](O)CO. The number of nitrogens with one attached hydrogen (secondary N) is 1. The first-order valence-electron chi connectivity index (χ1n) is 5.56. The van der Waals surface area contributed by atoms with Crippen LogP contribution in [-0.4, -0.2) is 63.6 Å². The fourth-order valence-electron chi connectivity index (χ4n) is 0.899. The highest BCUT2D eigenvalue weighted by molar-refractivity contribution is 5.77. The highest BCUT2D eigenvalue weighted by atomic mass is 16.4. The predicted molar refractivity (Wildman–Crippen MR) is 48.8 cm³/mol. The minimum atomic E-state index is -3.01. The molecular weight excluding hydrogens is 206 g/mol. The molecule has 0 radical (unpaired) electrons. The van der Waals surface area contributed by atoms with Crippen LogP contribution in [0.4, 0.5) is 0 Å². The Morgan fingerprint density at radius 1 is 1.47 bits per heavy atom. The Bertz CT molecular complexity index is 297. The molecule has 1 amide bonds. The highest BCUT2D eigenvalue weighted by Gasteiger charge is 2.31. The zero-order valence-electron chi connectivity index (χ0n) is 10.7. The van der Waals surface area contributed by atoms with Gasteiger partial charge in [0.2, 0.25) is 5.91 Å². The number of amides is 1. The lowest BCUT2D eigenvalue weighted by molar-refractivity contribution is -0.129. The van der Waals surface area contributed by atoms with Gasteiger partial charge in [-0.1, -0.05) is 0 Å². The molecule has 0 aliphatic carbocycles. The molecule has 15 heavy (non-hydrogen) atoms. The van der Waals surface area contributed by atoms with E-state index < -0.39 is 43.7 Å². The van der Waals surface area contributed by atoms with E-state index in [1.165, 1.54) is 0 Å². The summed E-state index contributed by atoms with van der Waals surface area (Å²) < 4.78 is 20.2. The number of carbonyl (C=O) groups excluding carboxylic acids is 2. The number of aldehydes is 1. The van der Waals surface area contributed by atoms with Crippen LogP contribution in [0.5, 0.6) is 0 Å². The summed E-state index contributed by atoms with van der Waals surface area (Å²) in [5.74, 6) is -1.48. The first-order valence-corrected chi connectivity index (χ1v) is 4.06. The van der Waals surface area contributed by atoms with Gasteiger partial charge in [-0.3, -0.25) is 4.79 Å². The predicted octanol–water partition coefficient (Wildman–Crippen LogP) is -3.23. The van der Waals surface area contributed by atoms with Gasteiger partial charge >= 0.3 is 0 Å². The average Bonchev–Trinajstić information content (AvgIpc) is 2.31. The summed E-state index contributed by atoms with van der Waals surface area (Å²) in [6.07, 6.45) is -5.58. The van der Waals surface area contributed by atoms with Gasteiger partial charge in [0.15, 0.2) is 0 Å². The van der Waals surface area contributed by atoms with Crippen molar-refractivity contribution < 1.29 is 34.1 Å². The van der Waals surface area contributed by atoms with Crippen LogP contribution in [0.25, 0.3) is 0 Å². The number of aliphatic hydroxyl groups is 4. The topological polar surface area (TPSA) is 127 Å². The van der Waals surface area contributed by atoms with E-state index >= 15 is 0 Å². The first-order chi connectivity index (χ1) is 8.15. The van der Waals surface area contributed by atoms with E-state index in [0.717, 1.165) is 0 Å². The third kappa shape index (κ3) is 4.34. The third-order valence-electron chi connectivity index (χ3n) is 1.74. The van der Waals surface area contributed by atoms with Crippen molar-refractivity contribution >= 4 is 12.2 Å². The molecule has 0 bridgehead atoms. The van der Waals surface area contributed by atoms with Crippen molar-refractivity contribution in [3.8, 4) is 0 Å². The van der Waals surface area contributed by atoms with Gasteiger partial charge in [0.25, 0.3) is 0 Å². The summed E-state index contributed by atoms with van der Waals surface area (Å²) in [4.78, 5) is 21.7. The lowest BCUT2D eigenvalue weighted by atomic mass is 10.0. The summed E-state index contributed by atoms with van der Waals surface area (Å²) in [5.41, 5.74) is 0. The Labute approximate surface area is 90.6 Å². The van der Waals surface area contributed by atoms with Crippen molar-refractivity contribution in [2.75, 3.05) is 6.61 Å². The molecule has 7 heteroatoms. The molecule has 5 N–H and O–H groups in total. The molecule has 0 heterocycles. The minimum absolute atomic E-state index is 0.0155. The van der Waals surface area contributed by atoms with Gasteiger partial charge in [-0.15, -0.1) is 0 Å². The average molecular weight is 224 g/mol. The van der Waals surface area contributed by atoms with Crippen LogP contribution in [0.15, 0.2) is 0 Å². The van der Waals surface area contributed by atoms with E-state index in [9.17, 15) is 19.8 Å². The lowest BCUT2D eigenvalue weighted by Gasteiger charge is -2.25. The van der Waals surface area contributed by atoms with Crippen LogP contribution in [0.2, 0.25) is 0 Å². The van der Waals surface area contributed by atoms with Gasteiger partial charge in [0, 0.05) is 11.0 Å². The molecule has 0 aromatic heterocycles. The van der Waals surface area contributed by atoms with E-state index in [1.807, 2.05) is 0 Å². The van der Waals surface area contributed by atoms with Gasteiger partial charge in [-0.05, 0) is 0 Å². The van der Waals surface area contributed by atoms with Crippen molar-refractivity contribution in [2.24, 2.45) is 0 Å². The lowest BCUT2D eigenvalue weighted by Crippen LogP contribution is -2.53. The number of aliphatic hydroxyl groups excluding tert-OH is 4. The molecule has 0 spiro atoms. The third-order valence-corrected chi connectivity index (χ3v) is 1.74. The maximum absolute atomic E-state index is 11.1. The molecule has 0 saturated heterocycles.